The number of pyridine rings is 1. The molecule has 18 heavy (non-hydrogen) atoms. The van der Waals surface area contributed by atoms with E-state index in [1.807, 2.05) is 12.1 Å². The van der Waals surface area contributed by atoms with Gasteiger partial charge in [-0.25, -0.2) is 0 Å². The Morgan fingerprint density at radius 3 is 2.61 bits per heavy atom. The molecule has 1 aromatic rings. The van der Waals surface area contributed by atoms with Crippen molar-refractivity contribution < 1.29 is 4.79 Å². The van der Waals surface area contributed by atoms with Crippen LogP contribution in [-0.4, -0.2) is 47.9 Å². The Bertz CT molecular complexity index is 378. The van der Waals surface area contributed by atoms with E-state index in [2.05, 4.69) is 32.7 Å². The molecule has 0 N–H and O–H groups in total. The minimum Gasteiger partial charge on any atom is -0.348 e. The van der Waals surface area contributed by atoms with E-state index in [9.17, 15) is 4.79 Å². The van der Waals surface area contributed by atoms with Crippen LogP contribution in [0.5, 0.6) is 0 Å². The first-order valence-corrected chi connectivity index (χ1v) is 6.85. The number of aromatic nitrogens is 1. The summed E-state index contributed by atoms with van der Waals surface area (Å²) in [4.78, 5) is 19.8. The third-order valence-electron chi connectivity index (χ3n) is 2.57. The highest BCUT2D eigenvalue weighted by molar-refractivity contribution is 9.10. The Labute approximate surface area is 117 Å². The average molecular weight is 314 g/mol. The second-order valence-corrected chi connectivity index (χ2v) is 5.38. The maximum absolute atomic E-state index is 11.7. The molecule has 0 aliphatic rings. The molecular weight excluding hydrogens is 294 g/mol. The van der Waals surface area contributed by atoms with Crippen molar-refractivity contribution in [2.75, 3.05) is 27.2 Å². The Morgan fingerprint density at radius 2 is 2.11 bits per heavy atom. The van der Waals surface area contributed by atoms with Gasteiger partial charge in [-0.2, -0.15) is 0 Å². The largest absolute Gasteiger partial charge is 0.348 e. The van der Waals surface area contributed by atoms with E-state index < -0.39 is 0 Å². The number of nitrogens with zero attached hydrogens (tertiary/aromatic N) is 3. The second kappa shape index (κ2) is 7.48. The van der Waals surface area contributed by atoms with Crippen LogP contribution in [0.3, 0.4) is 0 Å². The number of hydrogen-bond donors (Lipinski definition) is 0. The maximum Gasteiger partial charge on any atom is 0.236 e. The van der Waals surface area contributed by atoms with Crippen molar-refractivity contribution in [3.63, 3.8) is 0 Å². The topological polar surface area (TPSA) is 36.4 Å². The lowest BCUT2D eigenvalue weighted by atomic mass is 10.3. The zero-order valence-corrected chi connectivity index (χ0v) is 12.8. The predicted octanol–water partition coefficient (Wildman–Crippen LogP) is 2.14. The van der Waals surface area contributed by atoms with Gasteiger partial charge in [-0.3, -0.25) is 14.7 Å². The van der Waals surface area contributed by atoms with E-state index in [1.54, 1.807) is 25.2 Å². The van der Waals surface area contributed by atoms with Crippen molar-refractivity contribution in [2.45, 2.75) is 19.9 Å². The first-order chi connectivity index (χ1) is 8.52. The van der Waals surface area contributed by atoms with Crippen molar-refractivity contribution in [1.82, 2.24) is 14.8 Å². The molecule has 0 radical (unpaired) electrons. The van der Waals surface area contributed by atoms with Crippen LogP contribution in [0.25, 0.3) is 0 Å². The van der Waals surface area contributed by atoms with Gasteiger partial charge in [0.1, 0.15) is 0 Å². The number of halogens is 1. The molecule has 1 heterocycles. The summed E-state index contributed by atoms with van der Waals surface area (Å²) in [6.45, 7) is 4.17. The van der Waals surface area contributed by atoms with E-state index in [4.69, 9.17) is 0 Å². The predicted molar refractivity (Wildman–Crippen MR) is 76.2 cm³/mol. The zero-order valence-electron chi connectivity index (χ0n) is 11.2. The lowest BCUT2D eigenvalue weighted by Crippen LogP contribution is -2.36. The zero-order chi connectivity index (χ0) is 13.5. The Morgan fingerprint density at radius 1 is 1.39 bits per heavy atom. The van der Waals surface area contributed by atoms with Gasteiger partial charge >= 0.3 is 0 Å². The monoisotopic (exact) mass is 313 g/mol. The van der Waals surface area contributed by atoms with Gasteiger partial charge in [0.05, 0.1) is 12.2 Å². The Balaban J connectivity index is 2.62. The van der Waals surface area contributed by atoms with Crippen molar-refractivity contribution >= 4 is 21.8 Å². The van der Waals surface area contributed by atoms with Gasteiger partial charge in [-0.15, -0.1) is 0 Å². The van der Waals surface area contributed by atoms with Crippen LogP contribution in [0, 0.1) is 0 Å². The molecular formula is C13H20BrN3O. The van der Waals surface area contributed by atoms with Gasteiger partial charge in [0, 0.05) is 31.3 Å². The first-order valence-electron chi connectivity index (χ1n) is 6.06. The fourth-order valence-electron chi connectivity index (χ4n) is 1.59. The van der Waals surface area contributed by atoms with Crippen LogP contribution in [0.1, 0.15) is 19.0 Å². The summed E-state index contributed by atoms with van der Waals surface area (Å²) >= 11 is 3.36. The molecule has 0 aromatic carbocycles. The molecule has 0 unspecified atom stereocenters. The van der Waals surface area contributed by atoms with E-state index in [0.717, 1.165) is 23.1 Å². The Hall–Kier alpha value is -0.940. The lowest BCUT2D eigenvalue weighted by Gasteiger charge is -2.22. The van der Waals surface area contributed by atoms with Gasteiger partial charge in [-0.1, -0.05) is 6.92 Å². The summed E-state index contributed by atoms with van der Waals surface area (Å²) in [5.41, 5.74) is 0.984. The van der Waals surface area contributed by atoms with E-state index in [1.165, 1.54) is 0 Å². The highest BCUT2D eigenvalue weighted by atomic mass is 79.9. The molecule has 0 bridgehead atoms. The second-order valence-electron chi connectivity index (χ2n) is 4.47. The van der Waals surface area contributed by atoms with Crippen LogP contribution in [0.4, 0.5) is 0 Å². The third-order valence-corrected chi connectivity index (χ3v) is 3.04. The molecule has 0 aliphatic heterocycles. The van der Waals surface area contributed by atoms with Crippen molar-refractivity contribution in [2.24, 2.45) is 0 Å². The quantitative estimate of drug-likeness (QED) is 0.807. The van der Waals surface area contributed by atoms with E-state index >= 15 is 0 Å². The van der Waals surface area contributed by atoms with Crippen molar-refractivity contribution in [3.05, 3.63) is 28.5 Å². The lowest BCUT2D eigenvalue weighted by molar-refractivity contribution is -0.130. The number of hydrogen-bond acceptors (Lipinski definition) is 3. The molecule has 0 aliphatic carbocycles. The number of likely N-dealkylation sites (N-methyl/N-ethyl adjacent to an activating group) is 1. The molecule has 4 nitrogen and oxygen atoms in total. The minimum atomic E-state index is 0.126. The molecule has 0 saturated carbocycles. The van der Waals surface area contributed by atoms with Gasteiger partial charge in [0.15, 0.2) is 0 Å². The summed E-state index contributed by atoms with van der Waals surface area (Å²) in [6, 6.07) is 3.95. The standard InChI is InChI=1S/C13H20BrN3O/c1-4-7-17(10-13(18)16(2)3)9-12-6-5-11(14)8-15-12/h5-6,8H,4,7,9-10H2,1-3H3. The fraction of sp³-hybridized carbons (Fsp3) is 0.538. The number of amides is 1. The summed E-state index contributed by atoms with van der Waals surface area (Å²) in [5, 5.41) is 0. The maximum atomic E-state index is 11.7. The van der Waals surface area contributed by atoms with Gasteiger partial charge in [0.25, 0.3) is 0 Å². The van der Waals surface area contributed by atoms with Crippen molar-refractivity contribution in [1.29, 1.82) is 0 Å². The normalized spacial score (nSPS) is 10.7. The SMILES string of the molecule is CCCN(CC(=O)N(C)C)Cc1ccc(Br)cn1. The van der Waals surface area contributed by atoms with Gasteiger partial charge in [0.2, 0.25) is 5.91 Å². The number of rotatable bonds is 6. The van der Waals surface area contributed by atoms with Crippen LogP contribution in [0.2, 0.25) is 0 Å². The first kappa shape index (κ1) is 15.1. The van der Waals surface area contributed by atoms with Gasteiger partial charge in [-0.05, 0) is 41.0 Å². The summed E-state index contributed by atoms with van der Waals surface area (Å²) < 4.78 is 0.970. The highest BCUT2D eigenvalue weighted by Gasteiger charge is 2.12. The van der Waals surface area contributed by atoms with Crippen LogP contribution < -0.4 is 0 Å². The summed E-state index contributed by atoms with van der Waals surface area (Å²) in [7, 11) is 3.56. The minimum absolute atomic E-state index is 0.126. The summed E-state index contributed by atoms with van der Waals surface area (Å²) in [5.74, 6) is 0.126. The molecule has 0 spiro atoms. The smallest absolute Gasteiger partial charge is 0.236 e. The molecule has 1 aromatic heterocycles. The highest BCUT2D eigenvalue weighted by Crippen LogP contribution is 2.09. The Kier molecular flexibility index (Phi) is 6.29. The molecule has 1 rings (SSSR count). The van der Waals surface area contributed by atoms with E-state index in [-0.39, 0.29) is 5.91 Å². The number of carbonyl (C=O) groups is 1. The van der Waals surface area contributed by atoms with E-state index in [0.29, 0.717) is 13.1 Å². The van der Waals surface area contributed by atoms with Gasteiger partial charge < -0.3 is 4.90 Å². The molecule has 100 valence electrons. The average Bonchev–Trinajstić information content (AvgIpc) is 2.32. The molecule has 0 atom stereocenters. The molecule has 1 amide bonds. The van der Waals surface area contributed by atoms with Crippen LogP contribution in [0.15, 0.2) is 22.8 Å². The molecule has 0 saturated heterocycles. The molecule has 5 heteroatoms. The summed E-state index contributed by atoms with van der Waals surface area (Å²) in [6.07, 6.45) is 2.81. The van der Waals surface area contributed by atoms with Crippen molar-refractivity contribution in [3.8, 4) is 0 Å². The third kappa shape index (κ3) is 5.14. The van der Waals surface area contributed by atoms with Crippen LogP contribution >= 0.6 is 15.9 Å². The number of carbonyl (C=O) groups excluding carboxylic acids is 1. The van der Waals surface area contributed by atoms with Crippen LogP contribution in [-0.2, 0) is 11.3 Å². The fourth-order valence-corrected chi connectivity index (χ4v) is 1.83. The molecule has 0 fully saturated rings.